The molecule has 1 heterocycles. The van der Waals surface area contributed by atoms with Crippen LogP contribution in [0.1, 0.15) is 17.5 Å². The SMILES string of the molecule is CC[n+]1c(-c2ccccc2)csc1/C=C/c1ccc(O)c(OC=O)c1. The highest BCUT2D eigenvalue weighted by Gasteiger charge is 2.18. The number of carbonyl (C=O) groups is 1. The van der Waals surface area contributed by atoms with Crippen LogP contribution >= 0.6 is 11.3 Å². The van der Waals surface area contributed by atoms with Crippen molar-refractivity contribution in [2.75, 3.05) is 0 Å². The smallest absolute Gasteiger partial charge is 0.298 e. The van der Waals surface area contributed by atoms with E-state index < -0.39 is 0 Å². The number of aromatic nitrogens is 1. The van der Waals surface area contributed by atoms with Gasteiger partial charge in [-0.05, 0) is 42.8 Å². The minimum Gasteiger partial charge on any atom is -0.504 e. The van der Waals surface area contributed by atoms with Crippen LogP contribution in [0.2, 0.25) is 0 Å². The van der Waals surface area contributed by atoms with Crippen molar-refractivity contribution < 1.29 is 19.2 Å². The highest BCUT2D eigenvalue weighted by atomic mass is 32.1. The minimum atomic E-state index is -0.0599. The summed E-state index contributed by atoms with van der Waals surface area (Å²) in [5, 5.41) is 12.9. The second-order valence-corrected chi connectivity index (χ2v) is 6.23. The molecule has 0 bridgehead atoms. The van der Waals surface area contributed by atoms with E-state index in [2.05, 4.69) is 29.0 Å². The molecule has 0 aliphatic rings. The Morgan fingerprint density at radius 2 is 1.96 bits per heavy atom. The summed E-state index contributed by atoms with van der Waals surface area (Å²) in [6.07, 6.45) is 3.96. The molecule has 0 saturated carbocycles. The number of hydrogen-bond donors (Lipinski definition) is 1. The molecule has 1 aromatic heterocycles. The van der Waals surface area contributed by atoms with Gasteiger partial charge in [0.1, 0.15) is 6.54 Å². The van der Waals surface area contributed by atoms with Gasteiger partial charge < -0.3 is 9.84 Å². The molecule has 0 spiro atoms. The monoisotopic (exact) mass is 352 g/mol. The summed E-state index contributed by atoms with van der Waals surface area (Å²) in [5.41, 5.74) is 3.21. The van der Waals surface area contributed by atoms with Gasteiger partial charge in [0.25, 0.3) is 11.5 Å². The highest BCUT2D eigenvalue weighted by Crippen LogP contribution is 2.27. The largest absolute Gasteiger partial charge is 0.504 e. The second kappa shape index (κ2) is 7.77. The zero-order valence-corrected chi connectivity index (χ0v) is 14.6. The van der Waals surface area contributed by atoms with Crippen LogP contribution in [0.5, 0.6) is 11.5 Å². The van der Waals surface area contributed by atoms with Crippen molar-refractivity contribution in [2.45, 2.75) is 13.5 Å². The topological polar surface area (TPSA) is 50.4 Å². The van der Waals surface area contributed by atoms with Gasteiger partial charge in [-0.3, -0.25) is 4.79 Å². The first-order valence-electron chi connectivity index (χ1n) is 7.91. The molecule has 2 aromatic carbocycles. The molecule has 0 fully saturated rings. The maximum Gasteiger partial charge on any atom is 0.298 e. The number of carbonyl (C=O) groups excluding carboxylic acids is 1. The van der Waals surface area contributed by atoms with Crippen molar-refractivity contribution in [3.63, 3.8) is 0 Å². The molecule has 0 unspecified atom stereocenters. The van der Waals surface area contributed by atoms with Gasteiger partial charge in [-0.1, -0.05) is 35.6 Å². The number of ether oxygens (including phenoxy) is 1. The van der Waals surface area contributed by atoms with E-state index in [0.29, 0.717) is 6.47 Å². The Morgan fingerprint density at radius 3 is 2.68 bits per heavy atom. The fraction of sp³-hybridized carbons (Fsp3) is 0.100. The molecular formula is C20H18NO3S+. The van der Waals surface area contributed by atoms with Crippen molar-refractivity contribution in [1.29, 1.82) is 0 Å². The van der Waals surface area contributed by atoms with Gasteiger partial charge in [0, 0.05) is 11.6 Å². The molecule has 3 rings (SSSR count). The van der Waals surface area contributed by atoms with Gasteiger partial charge in [0.2, 0.25) is 5.69 Å². The molecule has 126 valence electrons. The van der Waals surface area contributed by atoms with Crippen LogP contribution in [-0.2, 0) is 11.3 Å². The molecule has 3 aromatic rings. The third-order valence-electron chi connectivity index (χ3n) is 3.81. The molecule has 0 aliphatic heterocycles. The fourth-order valence-corrected chi connectivity index (χ4v) is 3.60. The van der Waals surface area contributed by atoms with E-state index in [0.717, 1.165) is 17.1 Å². The number of thiazole rings is 1. The van der Waals surface area contributed by atoms with Crippen LogP contribution in [0.3, 0.4) is 0 Å². The summed E-state index contributed by atoms with van der Waals surface area (Å²) < 4.78 is 7.02. The molecule has 0 amide bonds. The fourth-order valence-electron chi connectivity index (χ4n) is 2.60. The molecule has 1 N–H and O–H groups in total. The summed E-state index contributed by atoms with van der Waals surface area (Å²) in [6, 6.07) is 15.2. The van der Waals surface area contributed by atoms with Crippen molar-refractivity contribution in [3.8, 4) is 22.8 Å². The quantitative estimate of drug-likeness (QED) is 0.536. The lowest BCUT2D eigenvalue weighted by molar-refractivity contribution is -0.679. The van der Waals surface area contributed by atoms with Crippen molar-refractivity contribution in [2.24, 2.45) is 0 Å². The van der Waals surface area contributed by atoms with Crippen LogP contribution in [0, 0.1) is 0 Å². The summed E-state index contributed by atoms with van der Waals surface area (Å²) in [4.78, 5) is 10.5. The first-order valence-corrected chi connectivity index (χ1v) is 8.79. The predicted molar refractivity (Wildman–Crippen MR) is 99.4 cm³/mol. The zero-order chi connectivity index (χ0) is 17.6. The summed E-state index contributed by atoms with van der Waals surface area (Å²) in [6.45, 7) is 3.29. The zero-order valence-electron chi connectivity index (χ0n) is 13.8. The Morgan fingerprint density at radius 1 is 1.16 bits per heavy atom. The Labute approximate surface area is 150 Å². The van der Waals surface area contributed by atoms with Crippen LogP contribution in [-0.4, -0.2) is 11.6 Å². The first-order chi connectivity index (χ1) is 12.2. The van der Waals surface area contributed by atoms with Crippen LogP contribution in [0.4, 0.5) is 0 Å². The average molecular weight is 352 g/mol. The highest BCUT2D eigenvalue weighted by molar-refractivity contribution is 7.10. The molecule has 5 heteroatoms. The Balaban J connectivity index is 1.91. The second-order valence-electron chi connectivity index (χ2n) is 5.34. The number of nitrogens with zero attached hydrogens (tertiary/aromatic N) is 1. The summed E-state index contributed by atoms with van der Waals surface area (Å²) >= 11 is 1.67. The van der Waals surface area contributed by atoms with Crippen molar-refractivity contribution in [3.05, 3.63) is 64.5 Å². The lowest BCUT2D eigenvalue weighted by atomic mass is 10.1. The van der Waals surface area contributed by atoms with E-state index in [1.165, 1.54) is 17.3 Å². The van der Waals surface area contributed by atoms with Gasteiger partial charge >= 0.3 is 0 Å². The summed E-state index contributed by atoms with van der Waals surface area (Å²) in [5.74, 6) is 0.0898. The maximum atomic E-state index is 10.5. The number of benzene rings is 2. The van der Waals surface area contributed by atoms with Gasteiger partial charge in [-0.15, -0.1) is 0 Å². The number of aromatic hydroxyl groups is 1. The lowest BCUT2D eigenvalue weighted by Crippen LogP contribution is -2.35. The lowest BCUT2D eigenvalue weighted by Gasteiger charge is -2.02. The molecular weight excluding hydrogens is 334 g/mol. The van der Waals surface area contributed by atoms with E-state index in [1.54, 1.807) is 23.5 Å². The predicted octanol–water partition coefficient (Wildman–Crippen LogP) is 4.13. The third kappa shape index (κ3) is 3.78. The molecule has 4 nitrogen and oxygen atoms in total. The average Bonchev–Trinajstić information content (AvgIpc) is 3.06. The van der Waals surface area contributed by atoms with Crippen molar-refractivity contribution in [1.82, 2.24) is 0 Å². The Bertz CT molecular complexity index is 901. The van der Waals surface area contributed by atoms with Crippen LogP contribution in [0.25, 0.3) is 23.4 Å². The standard InChI is InChI=1S/C20H17NO3S/c1-2-21-17(16-6-4-3-5-7-16)13-25-20(21)11-9-15-8-10-18(23)19(12-15)24-14-22/h3-14H,2H2,1H3/p+1. The minimum absolute atomic E-state index is 0.0599. The van der Waals surface area contributed by atoms with E-state index in [9.17, 15) is 9.90 Å². The van der Waals surface area contributed by atoms with Gasteiger partial charge in [0.15, 0.2) is 11.5 Å². The van der Waals surface area contributed by atoms with E-state index in [4.69, 9.17) is 4.74 Å². The Hall–Kier alpha value is -2.92. The normalized spacial score (nSPS) is 10.9. The van der Waals surface area contributed by atoms with Crippen molar-refractivity contribution >= 4 is 30.0 Å². The van der Waals surface area contributed by atoms with E-state index >= 15 is 0 Å². The van der Waals surface area contributed by atoms with Crippen LogP contribution < -0.4 is 9.30 Å². The van der Waals surface area contributed by atoms with E-state index in [1.807, 2.05) is 30.4 Å². The summed E-state index contributed by atoms with van der Waals surface area (Å²) in [7, 11) is 0. The maximum absolute atomic E-state index is 10.5. The molecule has 0 atom stereocenters. The van der Waals surface area contributed by atoms with Crippen LogP contribution in [0.15, 0.2) is 53.9 Å². The molecule has 0 aliphatic carbocycles. The molecule has 25 heavy (non-hydrogen) atoms. The first kappa shape index (κ1) is 16.9. The van der Waals surface area contributed by atoms with E-state index in [-0.39, 0.29) is 11.5 Å². The number of phenols is 1. The molecule has 0 radical (unpaired) electrons. The van der Waals surface area contributed by atoms with Gasteiger partial charge in [-0.2, -0.15) is 4.57 Å². The van der Waals surface area contributed by atoms with Gasteiger partial charge in [-0.25, -0.2) is 0 Å². The number of hydrogen-bond acceptors (Lipinski definition) is 4. The molecule has 0 saturated heterocycles. The van der Waals surface area contributed by atoms with Gasteiger partial charge in [0.05, 0.1) is 5.38 Å². The third-order valence-corrected chi connectivity index (χ3v) is 4.75. The number of phenolic OH excluding ortho intramolecular Hbond substituents is 1. The number of rotatable bonds is 6. The Kier molecular flexibility index (Phi) is 5.26.